The fraction of sp³-hybridized carbons (Fsp3) is 0.0833. The molecule has 0 aliphatic heterocycles. The summed E-state index contributed by atoms with van der Waals surface area (Å²) in [5.74, 6) is 0.0485. The molecule has 3 rings (SSSR count). The van der Waals surface area contributed by atoms with E-state index in [0.29, 0.717) is 12.3 Å². The molecule has 5 nitrogen and oxygen atoms in total. The van der Waals surface area contributed by atoms with Crippen molar-refractivity contribution in [2.45, 2.75) is 6.54 Å². The number of fused-ring (bicyclic) bond motifs is 1. The maximum atomic E-state index is 12.8. The predicted octanol–water partition coefficient (Wildman–Crippen LogP) is 1.08. The van der Waals surface area contributed by atoms with Gasteiger partial charge in [-0.3, -0.25) is 0 Å². The number of hydrogen-bond acceptors (Lipinski definition) is 3. The maximum Gasteiger partial charge on any atom is 0.351 e. The predicted molar refractivity (Wildman–Crippen MR) is 62.7 cm³/mol. The third kappa shape index (κ3) is 1.77. The molecule has 18 heavy (non-hydrogen) atoms. The Kier molecular flexibility index (Phi) is 2.40. The van der Waals surface area contributed by atoms with Crippen molar-refractivity contribution in [2.75, 3.05) is 0 Å². The number of halogens is 1. The molecule has 90 valence electrons. The molecule has 0 amide bonds. The molecule has 0 saturated carbocycles. The summed E-state index contributed by atoms with van der Waals surface area (Å²) in [5, 5.41) is 4.09. The third-order valence-corrected chi connectivity index (χ3v) is 2.61. The van der Waals surface area contributed by atoms with E-state index < -0.39 is 0 Å². The van der Waals surface area contributed by atoms with Crippen LogP contribution in [0.5, 0.6) is 0 Å². The molecule has 0 aliphatic carbocycles. The molecule has 0 atom stereocenters. The second-order valence-electron chi connectivity index (χ2n) is 3.86. The first-order chi connectivity index (χ1) is 8.74. The van der Waals surface area contributed by atoms with Crippen molar-refractivity contribution in [1.82, 2.24) is 19.2 Å². The lowest BCUT2D eigenvalue weighted by molar-refractivity contribution is 0.622. The first-order valence-corrected chi connectivity index (χ1v) is 5.39. The van der Waals surface area contributed by atoms with Crippen molar-refractivity contribution in [1.29, 1.82) is 0 Å². The van der Waals surface area contributed by atoms with Gasteiger partial charge in [0.25, 0.3) is 5.78 Å². The maximum absolute atomic E-state index is 12.8. The van der Waals surface area contributed by atoms with Crippen LogP contribution in [0.4, 0.5) is 4.39 Å². The van der Waals surface area contributed by atoms with E-state index in [1.807, 2.05) is 0 Å². The summed E-state index contributed by atoms with van der Waals surface area (Å²) < 4.78 is 15.4. The minimum absolute atomic E-state index is 0.262. The molecule has 0 unspecified atom stereocenters. The lowest BCUT2D eigenvalue weighted by Gasteiger charge is -1.99. The summed E-state index contributed by atoms with van der Waals surface area (Å²) >= 11 is 0. The Morgan fingerprint density at radius 3 is 2.72 bits per heavy atom. The Hall–Kier alpha value is -2.50. The van der Waals surface area contributed by atoms with Crippen molar-refractivity contribution in [3.63, 3.8) is 0 Å². The van der Waals surface area contributed by atoms with Gasteiger partial charge in [0.15, 0.2) is 0 Å². The van der Waals surface area contributed by atoms with Crippen LogP contribution in [0.1, 0.15) is 5.56 Å². The van der Waals surface area contributed by atoms with E-state index in [0.717, 1.165) is 5.56 Å². The van der Waals surface area contributed by atoms with Gasteiger partial charge >= 0.3 is 5.69 Å². The monoisotopic (exact) mass is 244 g/mol. The first-order valence-electron chi connectivity index (χ1n) is 5.39. The second kappa shape index (κ2) is 4.06. The van der Waals surface area contributed by atoms with E-state index in [-0.39, 0.29) is 11.5 Å². The third-order valence-electron chi connectivity index (χ3n) is 2.61. The number of rotatable bonds is 2. The highest BCUT2D eigenvalue weighted by Crippen LogP contribution is 2.03. The van der Waals surface area contributed by atoms with Crippen LogP contribution in [0, 0.1) is 5.82 Å². The van der Waals surface area contributed by atoms with Crippen LogP contribution in [0.3, 0.4) is 0 Å². The molecular weight excluding hydrogens is 235 g/mol. The summed E-state index contributed by atoms with van der Waals surface area (Å²) in [6.45, 7) is 0.294. The van der Waals surface area contributed by atoms with E-state index in [1.54, 1.807) is 30.6 Å². The van der Waals surface area contributed by atoms with Crippen LogP contribution < -0.4 is 5.69 Å². The van der Waals surface area contributed by atoms with Crippen molar-refractivity contribution in [3.8, 4) is 0 Å². The van der Waals surface area contributed by atoms with Crippen LogP contribution in [0.2, 0.25) is 0 Å². The lowest BCUT2D eigenvalue weighted by atomic mass is 10.2. The van der Waals surface area contributed by atoms with Gasteiger partial charge in [-0.15, -0.1) is 5.10 Å². The number of hydrogen-bond donors (Lipinski definition) is 0. The Bertz CT molecular complexity index is 745. The molecule has 3 aromatic rings. The Balaban J connectivity index is 2.02. The zero-order chi connectivity index (χ0) is 12.5. The van der Waals surface area contributed by atoms with Gasteiger partial charge in [-0.2, -0.15) is 0 Å². The summed E-state index contributed by atoms with van der Waals surface area (Å²) in [6, 6.07) is 7.62. The van der Waals surface area contributed by atoms with E-state index in [1.165, 1.54) is 21.2 Å². The van der Waals surface area contributed by atoms with Crippen LogP contribution in [-0.2, 0) is 6.54 Å². The van der Waals surface area contributed by atoms with Gasteiger partial charge in [0.1, 0.15) is 5.82 Å². The normalized spacial score (nSPS) is 10.9. The SMILES string of the molecule is O=c1n(Cc2ccc(F)cc2)nc2ncccn12. The van der Waals surface area contributed by atoms with E-state index in [9.17, 15) is 9.18 Å². The highest BCUT2D eigenvalue weighted by molar-refractivity contribution is 5.24. The molecule has 1 aromatic carbocycles. The average molecular weight is 244 g/mol. The van der Waals surface area contributed by atoms with Crippen molar-refractivity contribution < 1.29 is 4.39 Å². The van der Waals surface area contributed by atoms with Gasteiger partial charge in [0, 0.05) is 12.4 Å². The van der Waals surface area contributed by atoms with Gasteiger partial charge in [-0.25, -0.2) is 23.3 Å². The molecule has 0 bridgehead atoms. The highest BCUT2D eigenvalue weighted by Gasteiger charge is 2.07. The van der Waals surface area contributed by atoms with Crippen LogP contribution in [-0.4, -0.2) is 19.2 Å². The zero-order valence-corrected chi connectivity index (χ0v) is 9.32. The van der Waals surface area contributed by atoms with Crippen molar-refractivity contribution in [3.05, 3.63) is 64.6 Å². The Morgan fingerprint density at radius 2 is 2.00 bits per heavy atom. The largest absolute Gasteiger partial charge is 0.351 e. The molecular formula is C12H9FN4O. The number of benzene rings is 1. The van der Waals surface area contributed by atoms with Gasteiger partial charge in [-0.05, 0) is 23.8 Å². The highest BCUT2D eigenvalue weighted by atomic mass is 19.1. The molecule has 6 heteroatoms. The van der Waals surface area contributed by atoms with Crippen molar-refractivity contribution in [2.24, 2.45) is 0 Å². The number of aromatic nitrogens is 4. The number of nitrogens with zero attached hydrogens (tertiary/aromatic N) is 4. The van der Waals surface area contributed by atoms with Gasteiger partial charge in [-0.1, -0.05) is 12.1 Å². The standard InChI is InChI=1S/C12H9FN4O/c13-10-4-2-9(3-5-10)8-17-12(18)16-7-1-6-14-11(16)15-17/h1-7H,8H2. The Morgan fingerprint density at radius 1 is 1.22 bits per heavy atom. The average Bonchev–Trinajstić information content (AvgIpc) is 2.70. The molecule has 0 fully saturated rings. The fourth-order valence-corrected chi connectivity index (χ4v) is 1.73. The second-order valence-corrected chi connectivity index (χ2v) is 3.86. The minimum Gasteiger partial charge on any atom is -0.246 e. The first kappa shape index (κ1) is 10.6. The van der Waals surface area contributed by atoms with Gasteiger partial charge < -0.3 is 0 Å². The molecule has 0 saturated heterocycles. The smallest absolute Gasteiger partial charge is 0.246 e. The van der Waals surface area contributed by atoms with Crippen molar-refractivity contribution >= 4 is 5.78 Å². The topological polar surface area (TPSA) is 52.2 Å². The fourth-order valence-electron chi connectivity index (χ4n) is 1.73. The molecule has 2 aromatic heterocycles. The zero-order valence-electron chi connectivity index (χ0n) is 9.32. The lowest BCUT2D eigenvalue weighted by Crippen LogP contribution is -2.21. The molecule has 2 heterocycles. The minimum atomic E-state index is -0.303. The summed E-state index contributed by atoms with van der Waals surface area (Å²) in [5.41, 5.74) is 0.546. The quantitative estimate of drug-likeness (QED) is 0.677. The van der Waals surface area contributed by atoms with Gasteiger partial charge in [0.05, 0.1) is 6.54 Å². The van der Waals surface area contributed by atoms with E-state index >= 15 is 0 Å². The van der Waals surface area contributed by atoms with E-state index in [4.69, 9.17) is 0 Å². The molecule has 0 aliphatic rings. The van der Waals surface area contributed by atoms with E-state index in [2.05, 4.69) is 10.1 Å². The van der Waals surface area contributed by atoms with Crippen LogP contribution >= 0.6 is 0 Å². The Labute approximate surface area is 101 Å². The molecule has 0 radical (unpaired) electrons. The summed E-state index contributed by atoms with van der Waals surface area (Å²) in [6.07, 6.45) is 3.18. The molecule has 0 N–H and O–H groups in total. The summed E-state index contributed by atoms with van der Waals surface area (Å²) in [7, 11) is 0. The van der Waals surface area contributed by atoms with Crippen LogP contribution in [0.25, 0.3) is 5.78 Å². The summed E-state index contributed by atoms with van der Waals surface area (Å²) in [4.78, 5) is 15.9. The van der Waals surface area contributed by atoms with Crippen LogP contribution in [0.15, 0.2) is 47.5 Å². The molecule has 0 spiro atoms. The van der Waals surface area contributed by atoms with Gasteiger partial charge in [0.2, 0.25) is 0 Å².